The molecule has 0 bridgehead atoms. The molecule has 7 heteroatoms. The van der Waals surface area contributed by atoms with Crippen LogP contribution in [0.15, 0.2) is 12.4 Å². The predicted octanol–water partition coefficient (Wildman–Crippen LogP) is 3.26. The van der Waals surface area contributed by atoms with Gasteiger partial charge in [0.25, 0.3) is 0 Å². The lowest BCUT2D eigenvalue weighted by molar-refractivity contribution is 0.0489. The van der Waals surface area contributed by atoms with Crippen molar-refractivity contribution in [3.05, 3.63) is 17.4 Å². The molecule has 1 aliphatic rings. The number of aromatic nitrogens is 2. The number of carbonyl (C=O) groups excluding carboxylic acids is 1. The van der Waals surface area contributed by atoms with Crippen LogP contribution in [0.2, 0.25) is 5.02 Å². The Morgan fingerprint density at radius 2 is 2.09 bits per heavy atom. The molecule has 0 radical (unpaired) electrons. The molecule has 2 rings (SSSR count). The van der Waals surface area contributed by atoms with Crippen LogP contribution in [0.1, 0.15) is 40.5 Å². The molecule has 6 nitrogen and oxygen atoms in total. The third-order valence-electron chi connectivity index (χ3n) is 3.80. The van der Waals surface area contributed by atoms with Crippen LogP contribution in [0.3, 0.4) is 0 Å². The van der Waals surface area contributed by atoms with Crippen LogP contribution < -0.4 is 10.2 Å². The fourth-order valence-electron chi connectivity index (χ4n) is 2.68. The standard InChI is InChI=1S/C16H25ClN4O2/c1-11(20-15(22)23-16(2,3)4)12-6-5-7-21(10-12)14-18-8-13(17)9-19-14/h8-9,11-12H,5-7,10H2,1-4H3,(H,20,22)/t11-,12+/m0/s1. The van der Waals surface area contributed by atoms with Gasteiger partial charge in [0, 0.05) is 19.1 Å². The SMILES string of the molecule is C[C@H](NC(=O)OC(C)(C)C)[C@@H]1CCCN(c2ncc(Cl)cn2)C1. The van der Waals surface area contributed by atoms with Crippen LogP contribution in [0.4, 0.5) is 10.7 Å². The summed E-state index contributed by atoms with van der Waals surface area (Å²) in [4.78, 5) is 22.6. The summed E-state index contributed by atoms with van der Waals surface area (Å²) >= 11 is 5.83. The molecule has 0 spiro atoms. The highest BCUT2D eigenvalue weighted by atomic mass is 35.5. The quantitative estimate of drug-likeness (QED) is 0.914. The number of hydrogen-bond acceptors (Lipinski definition) is 5. The third-order valence-corrected chi connectivity index (χ3v) is 3.99. The molecule has 2 atom stereocenters. The number of nitrogens with one attached hydrogen (secondary N) is 1. The summed E-state index contributed by atoms with van der Waals surface area (Å²) in [5.41, 5.74) is -0.487. The van der Waals surface area contributed by atoms with Crippen molar-refractivity contribution in [2.45, 2.75) is 52.2 Å². The second kappa shape index (κ2) is 7.34. The molecule has 1 aliphatic heterocycles. The molecule has 0 unspecified atom stereocenters. The van der Waals surface area contributed by atoms with Gasteiger partial charge in [-0.15, -0.1) is 0 Å². The minimum atomic E-state index is -0.487. The van der Waals surface area contributed by atoms with Crippen LogP contribution in [-0.4, -0.2) is 40.8 Å². The Morgan fingerprint density at radius 3 is 2.70 bits per heavy atom. The molecule has 2 heterocycles. The number of nitrogens with zero attached hydrogens (tertiary/aromatic N) is 3. The van der Waals surface area contributed by atoms with Crippen molar-refractivity contribution in [2.24, 2.45) is 5.92 Å². The van der Waals surface area contributed by atoms with Crippen LogP contribution in [0.5, 0.6) is 0 Å². The summed E-state index contributed by atoms with van der Waals surface area (Å²) in [6, 6.07) is 0.0277. The van der Waals surface area contributed by atoms with E-state index in [0.29, 0.717) is 16.9 Å². The van der Waals surface area contributed by atoms with Gasteiger partial charge in [-0.1, -0.05) is 11.6 Å². The zero-order valence-corrected chi connectivity index (χ0v) is 14.9. The van der Waals surface area contributed by atoms with Gasteiger partial charge in [0.15, 0.2) is 0 Å². The number of alkyl carbamates (subject to hydrolysis) is 1. The van der Waals surface area contributed by atoms with Crippen LogP contribution >= 0.6 is 11.6 Å². The van der Waals surface area contributed by atoms with E-state index in [-0.39, 0.29) is 12.1 Å². The van der Waals surface area contributed by atoms with Crippen molar-refractivity contribution in [1.82, 2.24) is 15.3 Å². The molecule has 1 aromatic heterocycles. The Balaban J connectivity index is 1.92. The Hall–Kier alpha value is -1.56. The third kappa shape index (κ3) is 5.53. The van der Waals surface area contributed by atoms with Crippen molar-refractivity contribution in [3.8, 4) is 0 Å². The number of amides is 1. The van der Waals surface area contributed by atoms with Crippen LogP contribution in [-0.2, 0) is 4.74 Å². The number of carbonyl (C=O) groups is 1. The van der Waals surface area contributed by atoms with E-state index in [1.165, 1.54) is 0 Å². The molecule has 0 aromatic carbocycles. The van der Waals surface area contributed by atoms with Crippen molar-refractivity contribution in [1.29, 1.82) is 0 Å². The number of anilines is 1. The van der Waals surface area contributed by atoms with E-state index >= 15 is 0 Å². The number of piperidine rings is 1. The maximum absolute atomic E-state index is 11.9. The molecule has 128 valence electrons. The molecule has 1 amide bonds. The molecule has 0 saturated carbocycles. The van der Waals surface area contributed by atoms with E-state index in [2.05, 4.69) is 20.2 Å². The van der Waals surface area contributed by atoms with Crippen molar-refractivity contribution in [3.63, 3.8) is 0 Å². The zero-order chi connectivity index (χ0) is 17.0. The van der Waals surface area contributed by atoms with Crippen LogP contribution in [0.25, 0.3) is 0 Å². The van der Waals surface area contributed by atoms with E-state index in [0.717, 1.165) is 25.9 Å². The smallest absolute Gasteiger partial charge is 0.407 e. The first-order valence-electron chi connectivity index (χ1n) is 7.96. The molecule has 0 aliphatic carbocycles. The average molecular weight is 341 g/mol. The van der Waals surface area contributed by atoms with E-state index in [1.807, 2.05) is 27.7 Å². The number of ether oxygens (including phenoxy) is 1. The van der Waals surface area contributed by atoms with Gasteiger partial charge in [-0.25, -0.2) is 14.8 Å². The lowest BCUT2D eigenvalue weighted by Crippen LogP contribution is -2.47. The largest absolute Gasteiger partial charge is 0.444 e. The summed E-state index contributed by atoms with van der Waals surface area (Å²) in [7, 11) is 0. The van der Waals surface area contributed by atoms with E-state index in [1.54, 1.807) is 12.4 Å². The fourth-order valence-corrected chi connectivity index (χ4v) is 2.78. The van der Waals surface area contributed by atoms with Gasteiger partial charge in [-0.05, 0) is 46.5 Å². The van der Waals surface area contributed by atoms with Crippen molar-refractivity contribution >= 4 is 23.6 Å². The van der Waals surface area contributed by atoms with Gasteiger partial charge in [0.1, 0.15) is 5.60 Å². The fraction of sp³-hybridized carbons (Fsp3) is 0.688. The summed E-state index contributed by atoms with van der Waals surface area (Å²) in [6.07, 6.45) is 4.94. The van der Waals surface area contributed by atoms with Crippen molar-refractivity contribution < 1.29 is 9.53 Å². The summed E-state index contributed by atoms with van der Waals surface area (Å²) in [5, 5.41) is 3.47. The highest BCUT2D eigenvalue weighted by Crippen LogP contribution is 2.23. The average Bonchev–Trinajstić information content (AvgIpc) is 2.46. The lowest BCUT2D eigenvalue weighted by Gasteiger charge is -2.36. The van der Waals surface area contributed by atoms with Gasteiger partial charge in [-0.2, -0.15) is 0 Å². The first-order valence-corrected chi connectivity index (χ1v) is 8.34. The second-order valence-electron chi connectivity index (χ2n) is 6.98. The normalized spacial score (nSPS) is 20.0. The molecule has 1 fully saturated rings. The first-order chi connectivity index (χ1) is 10.7. The van der Waals surface area contributed by atoms with Gasteiger partial charge in [0.05, 0.1) is 17.4 Å². The van der Waals surface area contributed by atoms with Gasteiger partial charge in [0.2, 0.25) is 5.95 Å². The van der Waals surface area contributed by atoms with E-state index < -0.39 is 5.60 Å². The summed E-state index contributed by atoms with van der Waals surface area (Å²) < 4.78 is 5.32. The lowest BCUT2D eigenvalue weighted by atomic mass is 9.92. The van der Waals surface area contributed by atoms with Gasteiger partial charge >= 0.3 is 6.09 Å². The Morgan fingerprint density at radius 1 is 1.43 bits per heavy atom. The first kappa shape index (κ1) is 17.8. The monoisotopic (exact) mass is 340 g/mol. The number of halogens is 1. The van der Waals surface area contributed by atoms with Gasteiger partial charge < -0.3 is 15.0 Å². The minimum Gasteiger partial charge on any atom is -0.444 e. The highest BCUT2D eigenvalue weighted by Gasteiger charge is 2.28. The molecule has 1 N–H and O–H groups in total. The van der Waals surface area contributed by atoms with E-state index in [4.69, 9.17) is 16.3 Å². The van der Waals surface area contributed by atoms with Gasteiger partial charge in [-0.3, -0.25) is 0 Å². The number of hydrogen-bond donors (Lipinski definition) is 1. The predicted molar refractivity (Wildman–Crippen MR) is 90.8 cm³/mol. The highest BCUT2D eigenvalue weighted by molar-refractivity contribution is 6.30. The van der Waals surface area contributed by atoms with E-state index in [9.17, 15) is 4.79 Å². The molecule has 1 saturated heterocycles. The Bertz CT molecular complexity index is 530. The second-order valence-corrected chi connectivity index (χ2v) is 7.42. The number of rotatable bonds is 3. The molecular weight excluding hydrogens is 316 g/mol. The molecule has 23 heavy (non-hydrogen) atoms. The van der Waals surface area contributed by atoms with Crippen LogP contribution in [0, 0.1) is 5.92 Å². The minimum absolute atomic E-state index is 0.0277. The topological polar surface area (TPSA) is 67.3 Å². The molecular formula is C16H25ClN4O2. The Kier molecular flexibility index (Phi) is 5.68. The summed E-state index contributed by atoms with van der Waals surface area (Å²) in [6.45, 7) is 9.31. The maximum atomic E-state index is 11.9. The van der Waals surface area contributed by atoms with Crippen molar-refractivity contribution in [2.75, 3.05) is 18.0 Å². The summed E-state index contributed by atoms with van der Waals surface area (Å²) in [5.74, 6) is 1.01. The molecule has 1 aromatic rings. The zero-order valence-electron chi connectivity index (χ0n) is 14.2. The maximum Gasteiger partial charge on any atom is 0.407 e. The Labute approximate surface area is 142 Å².